The van der Waals surface area contributed by atoms with Gasteiger partial charge in [-0.3, -0.25) is 0 Å². The SMILES string of the molecule is C=[C]c1ccc(CCCCCCCC)cc1. The fourth-order valence-electron chi connectivity index (χ4n) is 1.90. The first-order valence-electron chi connectivity index (χ1n) is 6.49. The van der Waals surface area contributed by atoms with E-state index in [1.165, 1.54) is 50.5 Å². The average Bonchev–Trinajstić information content (AvgIpc) is 2.34. The maximum absolute atomic E-state index is 3.64. The third-order valence-corrected chi connectivity index (χ3v) is 2.98. The van der Waals surface area contributed by atoms with Gasteiger partial charge in [0.15, 0.2) is 0 Å². The van der Waals surface area contributed by atoms with Gasteiger partial charge in [-0.15, -0.1) is 0 Å². The summed E-state index contributed by atoms with van der Waals surface area (Å²) in [4.78, 5) is 0. The zero-order valence-corrected chi connectivity index (χ0v) is 10.5. The first kappa shape index (κ1) is 13.0. The van der Waals surface area contributed by atoms with Crippen molar-refractivity contribution in [1.82, 2.24) is 0 Å². The minimum absolute atomic E-state index is 1.09. The maximum Gasteiger partial charge on any atom is -0.0183 e. The van der Waals surface area contributed by atoms with Gasteiger partial charge < -0.3 is 0 Å². The lowest BCUT2D eigenvalue weighted by atomic mass is 10.0. The van der Waals surface area contributed by atoms with Crippen molar-refractivity contribution < 1.29 is 0 Å². The minimum Gasteiger partial charge on any atom is -0.0906 e. The second-order valence-electron chi connectivity index (χ2n) is 4.39. The van der Waals surface area contributed by atoms with Gasteiger partial charge in [0, 0.05) is 0 Å². The summed E-state index contributed by atoms with van der Waals surface area (Å²) < 4.78 is 0. The van der Waals surface area contributed by atoms with E-state index in [0.717, 1.165) is 5.56 Å². The van der Waals surface area contributed by atoms with Gasteiger partial charge in [0.2, 0.25) is 0 Å². The average molecular weight is 215 g/mol. The molecule has 1 aromatic rings. The number of rotatable bonds is 8. The van der Waals surface area contributed by atoms with Crippen molar-refractivity contribution in [2.75, 3.05) is 0 Å². The molecule has 0 unspecified atom stereocenters. The standard InChI is InChI=1S/C16H23/c1-3-5-6-7-8-9-10-16-13-11-15(4-2)12-14-16/h11-14H,2-3,5-10H2,1H3. The summed E-state index contributed by atoms with van der Waals surface area (Å²) in [5, 5.41) is 0. The molecule has 0 aromatic heterocycles. The summed E-state index contributed by atoms with van der Waals surface area (Å²) in [6.45, 7) is 5.90. The molecule has 87 valence electrons. The van der Waals surface area contributed by atoms with Crippen molar-refractivity contribution in [1.29, 1.82) is 0 Å². The Balaban J connectivity index is 2.14. The zero-order chi connectivity index (χ0) is 11.6. The van der Waals surface area contributed by atoms with Gasteiger partial charge in [-0.25, -0.2) is 0 Å². The second-order valence-corrected chi connectivity index (χ2v) is 4.39. The molecule has 0 N–H and O–H groups in total. The van der Waals surface area contributed by atoms with Gasteiger partial charge in [-0.1, -0.05) is 69.9 Å². The summed E-state index contributed by atoms with van der Waals surface area (Å²) in [5.41, 5.74) is 2.53. The highest BCUT2D eigenvalue weighted by atomic mass is 14.0. The number of aryl methyl sites for hydroxylation is 1. The number of benzene rings is 1. The molecule has 0 amide bonds. The molecule has 0 heterocycles. The van der Waals surface area contributed by atoms with Crippen molar-refractivity contribution in [2.45, 2.75) is 51.9 Å². The van der Waals surface area contributed by atoms with E-state index < -0.39 is 0 Å². The quantitative estimate of drug-likeness (QED) is 0.539. The van der Waals surface area contributed by atoms with Crippen molar-refractivity contribution in [3.63, 3.8) is 0 Å². The first-order valence-corrected chi connectivity index (χ1v) is 6.49. The highest BCUT2D eigenvalue weighted by Gasteiger charge is 1.94. The van der Waals surface area contributed by atoms with Crippen LogP contribution in [-0.2, 0) is 6.42 Å². The summed E-state index contributed by atoms with van der Waals surface area (Å²) in [5.74, 6) is 0. The monoisotopic (exact) mass is 215 g/mol. The van der Waals surface area contributed by atoms with E-state index in [0.29, 0.717) is 0 Å². The molecule has 0 aliphatic carbocycles. The van der Waals surface area contributed by atoms with Crippen molar-refractivity contribution in [3.8, 4) is 0 Å². The van der Waals surface area contributed by atoms with Gasteiger partial charge in [0.25, 0.3) is 0 Å². The summed E-state index contributed by atoms with van der Waals surface area (Å²) in [6.07, 6.45) is 12.3. The van der Waals surface area contributed by atoms with Crippen LogP contribution in [0.2, 0.25) is 0 Å². The van der Waals surface area contributed by atoms with Gasteiger partial charge in [-0.2, -0.15) is 0 Å². The van der Waals surface area contributed by atoms with Gasteiger partial charge in [0.1, 0.15) is 0 Å². The molecule has 0 heteroatoms. The van der Waals surface area contributed by atoms with Crippen LogP contribution in [0.5, 0.6) is 0 Å². The highest BCUT2D eigenvalue weighted by molar-refractivity contribution is 5.26. The summed E-state index contributed by atoms with van der Waals surface area (Å²) in [7, 11) is 0. The summed E-state index contributed by atoms with van der Waals surface area (Å²) >= 11 is 0. The van der Waals surface area contributed by atoms with Crippen molar-refractivity contribution >= 4 is 0 Å². The smallest absolute Gasteiger partial charge is 0.0183 e. The molecule has 0 fully saturated rings. The Labute approximate surface area is 100 Å². The molecule has 0 spiro atoms. The molecule has 1 aromatic carbocycles. The molecule has 1 radical (unpaired) electrons. The molecular weight excluding hydrogens is 192 g/mol. The summed E-state index contributed by atoms with van der Waals surface area (Å²) in [6, 6.07) is 8.58. The molecule has 0 nitrogen and oxygen atoms in total. The molecule has 16 heavy (non-hydrogen) atoms. The van der Waals surface area contributed by atoms with Crippen LogP contribution in [0.15, 0.2) is 30.8 Å². The number of unbranched alkanes of at least 4 members (excludes halogenated alkanes) is 5. The van der Waals surface area contributed by atoms with E-state index in [9.17, 15) is 0 Å². The number of hydrogen-bond donors (Lipinski definition) is 0. The Hall–Kier alpha value is -1.04. The van der Waals surface area contributed by atoms with E-state index in [1.54, 1.807) is 0 Å². The Morgan fingerprint density at radius 2 is 1.56 bits per heavy atom. The zero-order valence-electron chi connectivity index (χ0n) is 10.5. The third-order valence-electron chi connectivity index (χ3n) is 2.98. The predicted molar refractivity (Wildman–Crippen MR) is 71.5 cm³/mol. The van der Waals surface area contributed by atoms with Crippen LogP contribution in [-0.4, -0.2) is 0 Å². The lowest BCUT2D eigenvalue weighted by Gasteiger charge is -2.02. The molecule has 0 saturated heterocycles. The van der Waals surface area contributed by atoms with E-state index >= 15 is 0 Å². The van der Waals surface area contributed by atoms with Gasteiger partial charge >= 0.3 is 0 Å². The lowest BCUT2D eigenvalue weighted by molar-refractivity contribution is 0.607. The van der Waals surface area contributed by atoms with Gasteiger partial charge in [0.05, 0.1) is 0 Å². The van der Waals surface area contributed by atoms with Crippen LogP contribution < -0.4 is 0 Å². The largest absolute Gasteiger partial charge is 0.0906 e. The number of hydrogen-bond acceptors (Lipinski definition) is 0. The Bertz CT molecular complexity index is 281. The van der Waals surface area contributed by atoms with Crippen LogP contribution in [0.25, 0.3) is 0 Å². The van der Waals surface area contributed by atoms with Crippen molar-refractivity contribution in [3.05, 3.63) is 48.0 Å². The Kier molecular flexibility index (Phi) is 6.64. The maximum atomic E-state index is 3.64. The fraction of sp³-hybridized carbons (Fsp3) is 0.500. The van der Waals surface area contributed by atoms with E-state index in [2.05, 4.69) is 43.8 Å². The van der Waals surface area contributed by atoms with Gasteiger partial charge in [-0.05, 0) is 30.0 Å². The molecule has 1 rings (SSSR count). The van der Waals surface area contributed by atoms with Crippen LogP contribution in [0.4, 0.5) is 0 Å². The van der Waals surface area contributed by atoms with E-state index in [4.69, 9.17) is 0 Å². The lowest BCUT2D eigenvalue weighted by Crippen LogP contribution is -1.86. The minimum atomic E-state index is 1.09. The fourth-order valence-corrected chi connectivity index (χ4v) is 1.90. The molecule has 0 aliphatic heterocycles. The predicted octanol–water partition coefficient (Wildman–Crippen LogP) is 4.93. The third kappa shape index (κ3) is 5.16. The topological polar surface area (TPSA) is 0 Å². The molecule has 0 bridgehead atoms. The Morgan fingerprint density at radius 1 is 0.938 bits per heavy atom. The molecular formula is C16H23. The molecule has 0 aliphatic rings. The van der Waals surface area contributed by atoms with E-state index in [-0.39, 0.29) is 0 Å². The van der Waals surface area contributed by atoms with Crippen LogP contribution in [0.1, 0.15) is 56.6 Å². The normalized spacial score (nSPS) is 10.3. The van der Waals surface area contributed by atoms with Crippen LogP contribution in [0, 0.1) is 6.08 Å². The highest BCUT2D eigenvalue weighted by Crippen LogP contribution is 2.10. The second kappa shape index (κ2) is 8.15. The van der Waals surface area contributed by atoms with Crippen molar-refractivity contribution in [2.24, 2.45) is 0 Å². The van der Waals surface area contributed by atoms with E-state index in [1.807, 2.05) is 0 Å². The Morgan fingerprint density at radius 3 is 2.19 bits per heavy atom. The molecule has 0 saturated carbocycles. The van der Waals surface area contributed by atoms with Crippen LogP contribution >= 0.6 is 0 Å². The molecule has 0 atom stereocenters. The van der Waals surface area contributed by atoms with Crippen LogP contribution in [0.3, 0.4) is 0 Å². The first-order chi connectivity index (χ1) is 7.86.